The molecule has 5 heteroatoms. The predicted octanol–water partition coefficient (Wildman–Crippen LogP) is 1.46. The Morgan fingerprint density at radius 2 is 1.93 bits per heavy atom. The van der Waals surface area contributed by atoms with E-state index >= 15 is 0 Å². The first-order valence-corrected chi connectivity index (χ1v) is 4.80. The van der Waals surface area contributed by atoms with E-state index in [0.29, 0.717) is 5.44 Å². The van der Waals surface area contributed by atoms with Gasteiger partial charge in [0.15, 0.2) is 5.44 Å². The van der Waals surface area contributed by atoms with E-state index in [1.807, 2.05) is 30.3 Å². The van der Waals surface area contributed by atoms with E-state index in [0.717, 1.165) is 11.1 Å². The zero-order valence-corrected chi connectivity index (χ0v) is 8.06. The Bertz CT molecular complexity index is 447. The van der Waals surface area contributed by atoms with Crippen molar-refractivity contribution < 1.29 is 4.57 Å². The molecule has 68 valence electrons. The molecule has 14 heavy (non-hydrogen) atoms. The molecular weight excluding hydrogens is 197 g/mol. The van der Waals surface area contributed by atoms with Crippen molar-refractivity contribution in [2.24, 2.45) is 0 Å². The summed E-state index contributed by atoms with van der Waals surface area (Å²) in [6, 6.07) is 9.54. The molecule has 0 radical (unpaired) electrons. The lowest BCUT2D eigenvalue weighted by molar-refractivity contribution is 0.602. The normalized spacial score (nSPS) is 10.3. The Labute approximate surface area is 82.2 Å². The molecule has 0 saturated heterocycles. The number of aromatic nitrogens is 3. The molecule has 0 aliphatic rings. The molecule has 1 aromatic heterocycles. The smallest absolute Gasteiger partial charge is 0.215 e. The van der Waals surface area contributed by atoms with E-state index in [9.17, 15) is 4.57 Å². The molecule has 1 heterocycles. The minimum Gasteiger partial charge on any atom is -0.267 e. The maximum absolute atomic E-state index is 10.8. The molecule has 2 aromatic rings. The Balaban J connectivity index is 2.57. The molecule has 0 unspecified atom stereocenters. The molecule has 0 atom stereocenters. The highest BCUT2D eigenvalue weighted by Crippen LogP contribution is 2.16. The topological polar surface area (TPSA) is 55.7 Å². The zero-order chi connectivity index (χ0) is 9.80. The maximum atomic E-state index is 10.8. The van der Waals surface area contributed by atoms with Crippen molar-refractivity contribution in [3.05, 3.63) is 36.5 Å². The Kier molecular flexibility index (Phi) is 2.56. The molecule has 0 saturated carbocycles. The fourth-order valence-corrected chi connectivity index (χ4v) is 1.51. The van der Waals surface area contributed by atoms with Crippen LogP contribution in [0.25, 0.3) is 11.1 Å². The van der Waals surface area contributed by atoms with Gasteiger partial charge in [-0.25, -0.2) is 0 Å². The third-order valence-electron chi connectivity index (χ3n) is 1.79. The summed E-state index contributed by atoms with van der Waals surface area (Å²) in [7, 11) is -0.141. The van der Waals surface area contributed by atoms with Gasteiger partial charge in [0.2, 0.25) is 8.46 Å². The summed E-state index contributed by atoms with van der Waals surface area (Å²) in [5, 5.41) is 10.8. The first-order valence-electron chi connectivity index (χ1n) is 3.99. The van der Waals surface area contributed by atoms with Gasteiger partial charge < -0.3 is 0 Å². The van der Waals surface area contributed by atoms with E-state index in [2.05, 4.69) is 15.4 Å². The van der Waals surface area contributed by atoms with Crippen molar-refractivity contribution in [3.8, 4) is 11.1 Å². The lowest BCUT2D eigenvalue weighted by atomic mass is 10.1. The summed E-state index contributed by atoms with van der Waals surface area (Å²) < 4.78 is 10.8. The van der Waals surface area contributed by atoms with Gasteiger partial charge in [0.05, 0.1) is 6.20 Å². The van der Waals surface area contributed by atoms with Crippen LogP contribution in [0.2, 0.25) is 0 Å². The third kappa shape index (κ3) is 1.65. The minimum atomic E-state index is -0.141. The van der Waals surface area contributed by atoms with Gasteiger partial charge in [-0.05, 0) is 10.8 Å². The molecule has 0 fully saturated rings. The second kappa shape index (κ2) is 4.03. The zero-order valence-electron chi connectivity index (χ0n) is 7.16. The van der Waals surface area contributed by atoms with Crippen molar-refractivity contribution in [2.45, 2.75) is 0 Å². The van der Waals surface area contributed by atoms with Crippen molar-refractivity contribution in [1.29, 1.82) is 0 Å². The second-order valence-corrected chi connectivity index (χ2v) is 3.23. The van der Waals surface area contributed by atoms with E-state index in [4.69, 9.17) is 0 Å². The van der Waals surface area contributed by atoms with E-state index in [-0.39, 0.29) is 8.46 Å². The van der Waals surface area contributed by atoms with Crippen molar-refractivity contribution in [1.82, 2.24) is 15.4 Å². The molecule has 0 N–H and O–H groups in total. The van der Waals surface area contributed by atoms with Crippen LogP contribution in [-0.2, 0) is 4.57 Å². The van der Waals surface area contributed by atoms with Crippen molar-refractivity contribution in [3.63, 3.8) is 0 Å². The lowest BCUT2D eigenvalue weighted by Crippen LogP contribution is -2.06. The van der Waals surface area contributed by atoms with Gasteiger partial charge in [-0.15, -0.1) is 10.2 Å². The van der Waals surface area contributed by atoms with Crippen LogP contribution in [0.5, 0.6) is 0 Å². The molecule has 4 nitrogen and oxygen atoms in total. The highest BCUT2D eigenvalue weighted by atomic mass is 31.1. The number of hydrogen-bond acceptors (Lipinski definition) is 4. The highest BCUT2D eigenvalue weighted by Gasteiger charge is 2.06. The largest absolute Gasteiger partial charge is 0.267 e. The fraction of sp³-hybridized carbons (Fsp3) is 0. The van der Waals surface area contributed by atoms with Crippen molar-refractivity contribution >= 4 is 13.9 Å². The van der Waals surface area contributed by atoms with Gasteiger partial charge >= 0.3 is 0 Å². The molecule has 0 bridgehead atoms. The number of hydrogen-bond donors (Lipinski definition) is 0. The Morgan fingerprint density at radius 1 is 1.14 bits per heavy atom. The first kappa shape index (κ1) is 8.91. The maximum Gasteiger partial charge on any atom is 0.215 e. The third-order valence-corrected chi connectivity index (χ3v) is 2.29. The predicted molar refractivity (Wildman–Crippen MR) is 52.5 cm³/mol. The SMILES string of the molecule is O=Pc1nnncc1-c1ccccc1. The van der Waals surface area contributed by atoms with Crippen LogP contribution >= 0.6 is 8.46 Å². The van der Waals surface area contributed by atoms with Crippen LogP contribution in [0.4, 0.5) is 0 Å². The number of rotatable bonds is 2. The lowest BCUT2D eigenvalue weighted by Gasteiger charge is -1.99. The molecule has 0 aliphatic carbocycles. The highest BCUT2D eigenvalue weighted by molar-refractivity contribution is 7.34. The minimum absolute atomic E-state index is 0.141. The standard InChI is InChI=1S/C9H6N3OP/c13-14-9-8(6-10-12-11-9)7-4-2-1-3-5-7/h1-6H. The second-order valence-electron chi connectivity index (χ2n) is 2.63. The van der Waals surface area contributed by atoms with Crippen LogP contribution in [0.1, 0.15) is 0 Å². The number of benzene rings is 1. The van der Waals surface area contributed by atoms with Crippen LogP contribution in [0.3, 0.4) is 0 Å². The molecule has 1 aromatic carbocycles. The van der Waals surface area contributed by atoms with Crippen LogP contribution in [0.15, 0.2) is 36.5 Å². The van der Waals surface area contributed by atoms with Gasteiger partial charge in [-0.1, -0.05) is 30.3 Å². The fourth-order valence-electron chi connectivity index (χ4n) is 1.15. The summed E-state index contributed by atoms with van der Waals surface area (Å²) in [5.41, 5.74) is 2.09. The van der Waals surface area contributed by atoms with Crippen LogP contribution in [-0.4, -0.2) is 15.4 Å². The average molecular weight is 203 g/mol. The van der Waals surface area contributed by atoms with Gasteiger partial charge in [0.1, 0.15) is 0 Å². The summed E-state index contributed by atoms with van der Waals surface area (Å²) in [5.74, 6) is 0. The van der Waals surface area contributed by atoms with Gasteiger partial charge in [0, 0.05) is 5.56 Å². The Morgan fingerprint density at radius 3 is 2.64 bits per heavy atom. The quantitative estimate of drug-likeness (QED) is 0.693. The number of nitrogens with zero attached hydrogens (tertiary/aromatic N) is 3. The van der Waals surface area contributed by atoms with Crippen LogP contribution in [0, 0.1) is 0 Å². The van der Waals surface area contributed by atoms with Crippen LogP contribution < -0.4 is 5.44 Å². The molecule has 0 spiro atoms. The van der Waals surface area contributed by atoms with E-state index in [1.54, 1.807) is 6.20 Å². The average Bonchev–Trinajstić information content (AvgIpc) is 2.30. The van der Waals surface area contributed by atoms with E-state index < -0.39 is 0 Å². The molecule has 0 amide bonds. The Hall–Kier alpha value is -1.67. The van der Waals surface area contributed by atoms with Gasteiger partial charge in [0.25, 0.3) is 0 Å². The molecule has 0 aliphatic heterocycles. The van der Waals surface area contributed by atoms with Gasteiger partial charge in [-0.2, -0.15) is 0 Å². The first-order chi connectivity index (χ1) is 6.92. The van der Waals surface area contributed by atoms with Gasteiger partial charge in [-0.3, -0.25) is 4.57 Å². The monoisotopic (exact) mass is 203 g/mol. The summed E-state index contributed by atoms with van der Waals surface area (Å²) in [4.78, 5) is 0. The molecule has 2 rings (SSSR count). The molecular formula is C9H6N3OP. The summed E-state index contributed by atoms with van der Waals surface area (Å²) in [6.45, 7) is 0. The van der Waals surface area contributed by atoms with E-state index in [1.165, 1.54) is 0 Å². The summed E-state index contributed by atoms with van der Waals surface area (Å²) in [6.07, 6.45) is 1.56. The van der Waals surface area contributed by atoms with Crippen molar-refractivity contribution in [2.75, 3.05) is 0 Å². The summed E-state index contributed by atoms with van der Waals surface area (Å²) >= 11 is 0.